The van der Waals surface area contributed by atoms with Gasteiger partial charge in [-0.05, 0) is 15.9 Å². The van der Waals surface area contributed by atoms with Gasteiger partial charge in [0.15, 0.2) is 5.65 Å². The fraction of sp³-hybridized carbons (Fsp3) is 0.222. The largest absolute Gasteiger partial charge is 0.480 e. The van der Waals surface area contributed by atoms with E-state index in [4.69, 9.17) is 5.11 Å². The van der Waals surface area contributed by atoms with Crippen molar-refractivity contribution in [2.45, 2.75) is 12.7 Å². The highest BCUT2D eigenvalue weighted by Crippen LogP contribution is 2.28. The molecule has 0 bridgehead atoms. The van der Waals surface area contributed by atoms with Gasteiger partial charge in [0.25, 0.3) is 0 Å². The predicted octanol–water partition coefficient (Wildman–Crippen LogP) is 1.17. The molecule has 2 heterocycles. The van der Waals surface area contributed by atoms with Gasteiger partial charge in [-0.3, -0.25) is 9.59 Å². The van der Waals surface area contributed by atoms with Gasteiger partial charge >= 0.3 is 18.1 Å². The van der Waals surface area contributed by atoms with Gasteiger partial charge in [-0.15, -0.1) is 0 Å². The van der Waals surface area contributed by atoms with Gasteiger partial charge in [-0.2, -0.15) is 18.3 Å². The van der Waals surface area contributed by atoms with Crippen molar-refractivity contribution in [2.24, 2.45) is 0 Å². The molecule has 1 amide bonds. The minimum absolute atomic E-state index is 0.0109. The Morgan fingerprint density at radius 3 is 2.62 bits per heavy atom. The first-order valence-corrected chi connectivity index (χ1v) is 5.96. The third-order valence-electron chi connectivity index (χ3n) is 2.26. The highest BCUT2D eigenvalue weighted by Gasteiger charge is 2.39. The second kappa shape index (κ2) is 5.27. The van der Waals surface area contributed by atoms with Crippen molar-refractivity contribution in [3.8, 4) is 0 Å². The molecular weight excluding hydrogens is 363 g/mol. The van der Waals surface area contributed by atoms with Crippen molar-refractivity contribution >= 4 is 44.7 Å². The van der Waals surface area contributed by atoms with E-state index in [2.05, 4.69) is 31.0 Å². The zero-order valence-electron chi connectivity index (χ0n) is 9.85. The lowest BCUT2D eigenvalue weighted by atomic mass is 10.4. The smallest absolute Gasteiger partial charge is 0.471 e. The fourth-order valence-electron chi connectivity index (χ4n) is 1.48. The van der Waals surface area contributed by atoms with E-state index in [1.807, 2.05) is 0 Å². The fourth-order valence-corrected chi connectivity index (χ4v) is 2.03. The van der Waals surface area contributed by atoms with E-state index in [1.54, 1.807) is 5.32 Å². The number of nitrogens with zero attached hydrogens (tertiary/aromatic N) is 4. The Hall–Kier alpha value is -2.24. The number of carbonyl (C=O) groups excluding carboxylic acids is 1. The highest BCUT2D eigenvalue weighted by molar-refractivity contribution is 9.10. The molecular formula is C9H5BrF3N5O3. The third kappa shape index (κ3) is 3.09. The lowest BCUT2D eigenvalue weighted by Crippen LogP contribution is -2.30. The molecule has 2 aromatic rings. The van der Waals surface area contributed by atoms with Crippen LogP contribution in [0, 0.1) is 0 Å². The molecule has 0 aliphatic heterocycles. The highest BCUT2D eigenvalue weighted by atomic mass is 79.9. The van der Waals surface area contributed by atoms with Crippen LogP contribution in [0.5, 0.6) is 0 Å². The van der Waals surface area contributed by atoms with Crippen molar-refractivity contribution < 1.29 is 27.9 Å². The number of alkyl halides is 3. The van der Waals surface area contributed by atoms with Gasteiger partial charge in [0.05, 0.1) is 5.39 Å². The Morgan fingerprint density at radius 2 is 2.05 bits per heavy atom. The number of hydrogen-bond acceptors (Lipinski definition) is 5. The number of carboxylic acid groups (broad SMARTS) is 1. The van der Waals surface area contributed by atoms with Crippen molar-refractivity contribution in [3.63, 3.8) is 0 Å². The Bertz CT molecular complexity index is 729. The lowest BCUT2D eigenvalue weighted by Gasteiger charge is -2.07. The molecule has 0 unspecified atom stereocenters. The van der Waals surface area contributed by atoms with Crippen LogP contribution in [0.4, 0.5) is 19.0 Å². The maximum atomic E-state index is 12.2. The molecule has 0 radical (unpaired) electrons. The number of halogens is 4. The minimum Gasteiger partial charge on any atom is -0.480 e. The van der Waals surface area contributed by atoms with Crippen LogP contribution >= 0.6 is 15.9 Å². The molecule has 0 fully saturated rings. The van der Waals surface area contributed by atoms with Crippen LogP contribution in [0.25, 0.3) is 11.0 Å². The van der Waals surface area contributed by atoms with E-state index >= 15 is 0 Å². The zero-order chi connectivity index (χ0) is 15.8. The Kier molecular flexibility index (Phi) is 3.80. The first-order valence-electron chi connectivity index (χ1n) is 5.17. The van der Waals surface area contributed by atoms with Gasteiger partial charge in [-0.25, -0.2) is 14.6 Å². The van der Waals surface area contributed by atoms with Gasteiger partial charge in [-0.1, -0.05) is 0 Å². The molecule has 0 spiro atoms. The molecule has 0 saturated carbocycles. The summed E-state index contributed by atoms with van der Waals surface area (Å²) in [5, 5.41) is 14.1. The normalized spacial score (nSPS) is 11.6. The molecule has 2 rings (SSSR count). The van der Waals surface area contributed by atoms with Crippen molar-refractivity contribution in [1.82, 2.24) is 19.7 Å². The third-order valence-corrected chi connectivity index (χ3v) is 2.82. The summed E-state index contributed by atoms with van der Waals surface area (Å²) in [7, 11) is 0. The van der Waals surface area contributed by atoms with Crippen LogP contribution in [-0.4, -0.2) is 42.9 Å². The van der Waals surface area contributed by atoms with Crippen LogP contribution in [-0.2, 0) is 16.1 Å². The Morgan fingerprint density at radius 1 is 1.38 bits per heavy atom. The summed E-state index contributed by atoms with van der Waals surface area (Å²) >= 11 is 2.96. The van der Waals surface area contributed by atoms with Crippen LogP contribution in [0.2, 0.25) is 0 Å². The number of anilines is 1. The quantitative estimate of drug-likeness (QED) is 0.842. The summed E-state index contributed by atoms with van der Waals surface area (Å²) in [6.07, 6.45) is -4.19. The monoisotopic (exact) mass is 367 g/mol. The number of aliphatic carboxylic acids is 1. The lowest BCUT2D eigenvalue weighted by molar-refractivity contribution is -0.167. The van der Waals surface area contributed by atoms with E-state index in [1.165, 1.54) is 0 Å². The number of hydrogen-bond donors (Lipinski definition) is 2. The van der Waals surface area contributed by atoms with E-state index in [0.717, 1.165) is 11.0 Å². The molecule has 0 aliphatic rings. The van der Waals surface area contributed by atoms with Gasteiger partial charge < -0.3 is 10.4 Å². The molecule has 2 aromatic heterocycles. The summed E-state index contributed by atoms with van der Waals surface area (Å²) in [6.45, 7) is -0.550. The molecule has 0 saturated heterocycles. The first kappa shape index (κ1) is 15.2. The summed E-state index contributed by atoms with van der Waals surface area (Å²) < 4.78 is 37.7. The standard InChI is InChI=1S/C9H5BrF3N5O3/c10-5-4-6(16-8(21)9(11,12)13)14-2-15-7(4)18(17-5)1-3(19)20/h2H,1H2,(H,19,20)(H,14,15,16,21). The minimum atomic E-state index is -5.08. The van der Waals surface area contributed by atoms with Crippen molar-refractivity contribution in [3.05, 3.63) is 10.9 Å². The topological polar surface area (TPSA) is 110 Å². The molecule has 112 valence electrons. The number of carboxylic acids is 1. The van der Waals surface area contributed by atoms with Crippen LogP contribution in [0.15, 0.2) is 10.9 Å². The summed E-state index contributed by atoms with van der Waals surface area (Å²) in [4.78, 5) is 28.9. The number of fused-ring (bicyclic) bond motifs is 1. The van der Waals surface area contributed by atoms with Crippen molar-refractivity contribution in [1.29, 1.82) is 0 Å². The molecule has 0 aliphatic carbocycles. The molecule has 12 heteroatoms. The van der Waals surface area contributed by atoms with E-state index in [0.29, 0.717) is 0 Å². The summed E-state index contributed by atoms with van der Waals surface area (Å²) in [5.74, 6) is -3.85. The number of carbonyl (C=O) groups is 2. The van der Waals surface area contributed by atoms with Gasteiger partial charge in [0.1, 0.15) is 23.3 Å². The maximum absolute atomic E-state index is 12.2. The van der Waals surface area contributed by atoms with E-state index in [-0.39, 0.29) is 15.6 Å². The molecule has 8 nitrogen and oxygen atoms in total. The zero-order valence-corrected chi connectivity index (χ0v) is 11.4. The maximum Gasteiger partial charge on any atom is 0.471 e. The summed E-state index contributed by atoms with van der Waals surface area (Å²) in [6, 6.07) is 0. The van der Waals surface area contributed by atoms with Gasteiger partial charge in [0.2, 0.25) is 0 Å². The number of nitrogens with one attached hydrogen (secondary N) is 1. The molecule has 0 atom stereocenters. The number of amides is 1. The van der Waals surface area contributed by atoms with Crippen LogP contribution in [0.3, 0.4) is 0 Å². The van der Waals surface area contributed by atoms with E-state index in [9.17, 15) is 22.8 Å². The second-order valence-electron chi connectivity index (χ2n) is 3.71. The van der Waals surface area contributed by atoms with Crippen molar-refractivity contribution in [2.75, 3.05) is 5.32 Å². The predicted molar refractivity (Wildman–Crippen MR) is 65.3 cm³/mol. The molecule has 21 heavy (non-hydrogen) atoms. The number of aromatic nitrogens is 4. The Labute approximate surface area is 122 Å². The van der Waals surface area contributed by atoms with Crippen LogP contribution in [0.1, 0.15) is 0 Å². The van der Waals surface area contributed by atoms with Gasteiger partial charge in [0, 0.05) is 0 Å². The average molecular weight is 368 g/mol. The van der Waals surface area contributed by atoms with Crippen LogP contribution < -0.4 is 5.32 Å². The molecule has 0 aromatic carbocycles. The average Bonchev–Trinajstić information content (AvgIpc) is 2.65. The Balaban J connectivity index is 2.49. The SMILES string of the molecule is O=C(O)Cn1nc(Br)c2c(NC(=O)C(F)(F)F)ncnc21. The molecule has 2 N–H and O–H groups in total. The number of rotatable bonds is 3. The van der Waals surface area contributed by atoms with E-state index < -0.39 is 30.4 Å². The summed E-state index contributed by atoms with van der Waals surface area (Å²) in [5.41, 5.74) is -0.0308. The second-order valence-corrected chi connectivity index (χ2v) is 4.47. The first-order chi connectivity index (χ1) is 9.70.